The van der Waals surface area contributed by atoms with Gasteiger partial charge in [0.25, 0.3) is 11.5 Å². The lowest BCUT2D eigenvalue weighted by atomic mass is 9.93. The van der Waals surface area contributed by atoms with Crippen LogP contribution in [0.2, 0.25) is 0 Å². The molecule has 1 atom stereocenters. The second-order valence-corrected chi connectivity index (χ2v) is 10.8. The van der Waals surface area contributed by atoms with Crippen LogP contribution in [-0.4, -0.2) is 47.3 Å². The average Bonchev–Trinajstić information content (AvgIpc) is 3.40. The molecule has 1 aliphatic rings. The highest BCUT2D eigenvalue weighted by atomic mass is 32.1. The van der Waals surface area contributed by atoms with Crippen LogP contribution in [0.1, 0.15) is 43.6 Å². The van der Waals surface area contributed by atoms with Crippen molar-refractivity contribution >= 4 is 34.2 Å². The maximum absolute atomic E-state index is 14.2. The van der Waals surface area contributed by atoms with Crippen molar-refractivity contribution in [2.75, 3.05) is 27.3 Å². The normalized spacial score (nSPS) is 15.3. The summed E-state index contributed by atoms with van der Waals surface area (Å²) in [7, 11) is 5.20. The Bertz CT molecular complexity index is 1840. The van der Waals surface area contributed by atoms with Gasteiger partial charge >= 0.3 is 0 Å². The van der Waals surface area contributed by atoms with Crippen molar-refractivity contribution in [3.8, 4) is 11.5 Å². The number of aromatic nitrogens is 2. The Hall–Kier alpha value is -4.11. The molecule has 0 fully saturated rings. The Morgan fingerprint density at radius 1 is 1.10 bits per heavy atom. The van der Waals surface area contributed by atoms with Crippen molar-refractivity contribution in [1.82, 2.24) is 14.0 Å². The van der Waals surface area contributed by atoms with Gasteiger partial charge in [-0.2, -0.15) is 0 Å². The molecule has 8 nitrogen and oxygen atoms in total. The highest BCUT2D eigenvalue weighted by Crippen LogP contribution is 2.38. The molecule has 0 radical (unpaired) electrons. The van der Waals surface area contributed by atoms with E-state index in [1.54, 1.807) is 35.8 Å². The summed E-state index contributed by atoms with van der Waals surface area (Å²) in [6, 6.07) is 12.9. The van der Waals surface area contributed by atoms with Crippen molar-refractivity contribution in [2.24, 2.45) is 12.0 Å². The molecule has 3 heterocycles. The van der Waals surface area contributed by atoms with Gasteiger partial charge in [-0.25, -0.2) is 4.99 Å². The number of thiazole rings is 1. The van der Waals surface area contributed by atoms with Crippen LogP contribution in [0, 0.1) is 6.92 Å². The average molecular weight is 559 g/mol. The van der Waals surface area contributed by atoms with Gasteiger partial charge in [0, 0.05) is 47.9 Å². The number of aryl methyl sites for hydroxylation is 1. The van der Waals surface area contributed by atoms with Crippen molar-refractivity contribution in [2.45, 2.75) is 33.7 Å². The molecule has 0 aliphatic carbocycles. The van der Waals surface area contributed by atoms with Gasteiger partial charge in [0.2, 0.25) is 0 Å². The number of rotatable bonds is 7. The largest absolute Gasteiger partial charge is 0.497 e. The number of fused-ring (bicyclic) bond motifs is 2. The molecule has 0 saturated heterocycles. The zero-order valence-electron chi connectivity index (χ0n) is 23.9. The number of likely N-dealkylation sites (N-methyl/N-ethyl adjacent to an activating group) is 1. The minimum atomic E-state index is -0.731. The third kappa shape index (κ3) is 4.34. The second kappa shape index (κ2) is 10.8. The lowest BCUT2D eigenvalue weighted by molar-refractivity contribution is -0.127. The number of hydrogen-bond donors (Lipinski definition) is 0. The number of ether oxygens (including phenoxy) is 2. The first-order valence-electron chi connectivity index (χ1n) is 13.3. The van der Waals surface area contributed by atoms with Crippen LogP contribution in [0.3, 0.4) is 0 Å². The zero-order valence-corrected chi connectivity index (χ0v) is 24.8. The van der Waals surface area contributed by atoms with E-state index in [0.717, 1.165) is 22.2 Å². The summed E-state index contributed by atoms with van der Waals surface area (Å²) in [6.45, 7) is 8.86. The maximum atomic E-state index is 14.2. The molecule has 5 rings (SSSR count). The zero-order chi connectivity index (χ0) is 28.7. The van der Waals surface area contributed by atoms with Gasteiger partial charge in [-0.1, -0.05) is 29.5 Å². The van der Waals surface area contributed by atoms with Crippen LogP contribution in [-0.2, 0) is 11.8 Å². The van der Waals surface area contributed by atoms with Crippen LogP contribution < -0.4 is 24.4 Å². The van der Waals surface area contributed by atoms with E-state index < -0.39 is 6.04 Å². The molecule has 1 amide bonds. The van der Waals surface area contributed by atoms with E-state index in [2.05, 4.69) is 23.6 Å². The number of carbonyl (C=O) groups excluding carboxylic acids is 1. The number of para-hydroxylation sites is 1. The number of nitrogens with zero attached hydrogens (tertiary/aromatic N) is 4. The lowest BCUT2D eigenvalue weighted by Crippen LogP contribution is -2.43. The summed E-state index contributed by atoms with van der Waals surface area (Å²) in [5.74, 6) is 1.01. The van der Waals surface area contributed by atoms with Gasteiger partial charge in [-0.15, -0.1) is 0 Å². The molecule has 0 saturated carbocycles. The monoisotopic (exact) mass is 558 g/mol. The molecule has 0 bridgehead atoms. The fraction of sp³-hybridized carbons (Fsp3) is 0.323. The molecule has 2 aromatic carbocycles. The molecule has 0 spiro atoms. The van der Waals surface area contributed by atoms with Gasteiger partial charge < -0.3 is 18.9 Å². The topological polar surface area (TPSA) is 78.1 Å². The van der Waals surface area contributed by atoms with E-state index in [-0.39, 0.29) is 11.5 Å². The van der Waals surface area contributed by atoms with Crippen molar-refractivity contribution in [3.63, 3.8) is 0 Å². The highest BCUT2D eigenvalue weighted by Gasteiger charge is 2.36. The molecular weight excluding hydrogens is 524 g/mol. The summed E-state index contributed by atoms with van der Waals surface area (Å²) in [6.07, 6.45) is 1.95. The summed E-state index contributed by atoms with van der Waals surface area (Å²) in [4.78, 5) is 35.3. The van der Waals surface area contributed by atoms with Gasteiger partial charge in [-0.05, 0) is 58.0 Å². The van der Waals surface area contributed by atoms with Crippen LogP contribution in [0.15, 0.2) is 63.5 Å². The minimum Gasteiger partial charge on any atom is -0.497 e. The van der Waals surface area contributed by atoms with Gasteiger partial charge in [0.1, 0.15) is 17.5 Å². The van der Waals surface area contributed by atoms with E-state index in [9.17, 15) is 9.59 Å². The number of carbonyl (C=O) groups is 1. The first-order chi connectivity index (χ1) is 19.2. The second-order valence-electron chi connectivity index (χ2n) is 9.74. The smallest absolute Gasteiger partial charge is 0.271 e. The molecule has 40 heavy (non-hydrogen) atoms. The maximum Gasteiger partial charge on any atom is 0.271 e. The highest BCUT2D eigenvalue weighted by molar-refractivity contribution is 7.07. The van der Waals surface area contributed by atoms with E-state index in [1.807, 2.05) is 52.1 Å². The molecule has 0 N–H and O–H groups in total. The Balaban J connectivity index is 1.82. The van der Waals surface area contributed by atoms with Gasteiger partial charge in [0.05, 0.1) is 30.0 Å². The third-order valence-electron chi connectivity index (χ3n) is 7.76. The Morgan fingerprint density at radius 3 is 2.50 bits per heavy atom. The van der Waals surface area contributed by atoms with E-state index in [4.69, 9.17) is 14.5 Å². The molecule has 9 heteroatoms. The third-order valence-corrected chi connectivity index (χ3v) is 8.74. The van der Waals surface area contributed by atoms with Crippen LogP contribution >= 0.6 is 11.3 Å². The van der Waals surface area contributed by atoms with E-state index in [0.29, 0.717) is 50.8 Å². The fourth-order valence-electron chi connectivity index (χ4n) is 5.49. The summed E-state index contributed by atoms with van der Waals surface area (Å²) in [5, 5.41) is 1.08. The van der Waals surface area contributed by atoms with Crippen molar-refractivity contribution in [1.29, 1.82) is 0 Å². The quantitative estimate of drug-likeness (QED) is 0.345. The Kier molecular flexibility index (Phi) is 7.42. The van der Waals surface area contributed by atoms with Crippen molar-refractivity contribution < 1.29 is 14.3 Å². The van der Waals surface area contributed by atoms with Crippen LogP contribution in [0.25, 0.3) is 17.0 Å². The van der Waals surface area contributed by atoms with Gasteiger partial charge in [0.15, 0.2) is 4.80 Å². The van der Waals surface area contributed by atoms with E-state index in [1.165, 1.54) is 11.3 Å². The van der Waals surface area contributed by atoms with Crippen LogP contribution in [0.4, 0.5) is 0 Å². The molecule has 0 unspecified atom stereocenters. The molecule has 208 valence electrons. The Morgan fingerprint density at radius 2 is 1.82 bits per heavy atom. The Labute approximate surface area is 237 Å². The predicted octanol–water partition coefficient (Wildman–Crippen LogP) is 3.92. The van der Waals surface area contributed by atoms with Crippen molar-refractivity contribution in [3.05, 3.63) is 90.2 Å². The number of benzene rings is 2. The number of amides is 1. The number of allylic oxidation sites excluding steroid dienone is 1. The summed E-state index contributed by atoms with van der Waals surface area (Å²) in [5.41, 5.74) is 4.65. The van der Waals surface area contributed by atoms with E-state index >= 15 is 0 Å². The summed E-state index contributed by atoms with van der Waals surface area (Å²) >= 11 is 1.33. The number of methoxy groups -OCH3 is 2. The lowest BCUT2D eigenvalue weighted by Gasteiger charge is -2.30. The first kappa shape index (κ1) is 27.5. The molecule has 1 aliphatic heterocycles. The van der Waals surface area contributed by atoms with Gasteiger partial charge in [-0.3, -0.25) is 14.2 Å². The molecule has 2 aromatic heterocycles. The fourth-order valence-corrected chi connectivity index (χ4v) is 6.52. The number of hydrogen-bond acceptors (Lipinski definition) is 6. The summed E-state index contributed by atoms with van der Waals surface area (Å²) < 4.78 is 15.6. The predicted molar refractivity (Wildman–Crippen MR) is 159 cm³/mol. The minimum absolute atomic E-state index is 0.152. The standard InChI is InChI=1S/C31H34N4O4S/c1-8-34(9-2)30(37)27-18(3)32-31-35(28(27)23-16-20(38-6)14-15-25(23)39-7)29(36)26(40-31)17-22-19(4)33(5)24-13-11-10-12-21(22)24/h10-17,28H,8-9H2,1-7H3/b26-17+/t28-/m1/s1. The molecule has 4 aromatic rings. The first-order valence-corrected chi connectivity index (χ1v) is 14.1. The SMILES string of the molecule is CCN(CC)C(=O)C1=C(C)N=c2s/c(=C/c3c(C)n(C)c4ccccc34)c(=O)n2[C@@H]1c1cc(OC)ccc1OC. The molecular formula is C31H34N4O4S. The van der Waals surface area contributed by atoms with Crippen LogP contribution in [0.5, 0.6) is 11.5 Å².